The number of piperazine rings is 1. The lowest BCUT2D eigenvalue weighted by Crippen LogP contribution is -2.52. The molecule has 0 bridgehead atoms. The Morgan fingerprint density at radius 2 is 1.65 bits per heavy atom. The van der Waals surface area contributed by atoms with E-state index in [2.05, 4.69) is 4.90 Å². The smallest absolute Gasteiger partial charge is 0.243 e. The largest absolute Gasteiger partial charge is 0.486 e. The van der Waals surface area contributed by atoms with E-state index in [0.29, 0.717) is 32.8 Å². The van der Waals surface area contributed by atoms with Crippen LogP contribution in [-0.4, -0.2) is 80.9 Å². The van der Waals surface area contributed by atoms with Crippen LogP contribution in [0.15, 0.2) is 47.4 Å². The zero-order valence-corrected chi connectivity index (χ0v) is 19.7. The Bertz CT molecular complexity index is 1150. The molecule has 0 saturated carbocycles. The van der Waals surface area contributed by atoms with E-state index in [1.54, 1.807) is 4.90 Å². The molecule has 10 heteroatoms. The average molecular weight is 490 g/mol. The minimum absolute atomic E-state index is 0.00303. The maximum absolute atomic E-state index is 13.2. The van der Waals surface area contributed by atoms with E-state index >= 15 is 0 Å². The standard InChI is InChI=1S/C24H28FN3O5S/c25-19-4-6-20(7-5-19)34(30,31)28-12-10-26(11-13-28)24(29)17-27-9-1-2-21(27)18-3-8-22-23(16-18)33-15-14-32-22/h3-8,16,21H,1-2,9-15,17H2. The number of amides is 1. The predicted octanol–water partition coefficient (Wildman–Crippen LogP) is 2.27. The molecule has 3 aliphatic rings. The molecule has 0 aromatic heterocycles. The van der Waals surface area contributed by atoms with Crippen LogP contribution in [0, 0.1) is 5.82 Å². The summed E-state index contributed by atoms with van der Waals surface area (Å²) in [6, 6.07) is 11.0. The van der Waals surface area contributed by atoms with Gasteiger partial charge in [0.25, 0.3) is 0 Å². The Labute approximate surface area is 198 Å². The van der Waals surface area contributed by atoms with Crippen molar-refractivity contribution in [3.8, 4) is 11.5 Å². The van der Waals surface area contributed by atoms with Crippen molar-refractivity contribution in [2.24, 2.45) is 0 Å². The zero-order chi connectivity index (χ0) is 23.7. The van der Waals surface area contributed by atoms with E-state index in [9.17, 15) is 17.6 Å². The summed E-state index contributed by atoms with van der Waals surface area (Å²) in [5, 5.41) is 0. The summed E-state index contributed by atoms with van der Waals surface area (Å²) in [6.07, 6.45) is 1.98. The number of benzene rings is 2. The molecule has 1 unspecified atom stereocenters. The van der Waals surface area contributed by atoms with Gasteiger partial charge in [-0.2, -0.15) is 4.31 Å². The number of hydrogen-bond acceptors (Lipinski definition) is 6. The number of likely N-dealkylation sites (tertiary alicyclic amines) is 1. The van der Waals surface area contributed by atoms with Crippen LogP contribution in [0.25, 0.3) is 0 Å². The molecular formula is C24H28FN3O5S. The van der Waals surface area contributed by atoms with Gasteiger partial charge in [0.2, 0.25) is 15.9 Å². The van der Waals surface area contributed by atoms with Gasteiger partial charge in [0.1, 0.15) is 19.0 Å². The highest BCUT2D eigenvalue weighted by molar-refractivity contribution is 7.89. The second-order valence-electron chi connectivity index (χ2n) is 8.77. The van der Waals surface area contributed by atoms with Crippen LogP contribution in [0.5, 0.6) is 11.5 Å². The minimum Gasteiger partial charge on any atom is -0.486 e. The quantitative estimate of drug-likeness (QED) is 0.641. The monoisotopic (exact) mass is 489 g/mol. The van der Waals surface area contributed by atoms with Crippen molar-refractivity contribution in [3.63, 3.8) is 0 Å². The van der Waals surface area contributed by atoms with Gasteiger partial charge in [-0.05, 0) is 61.3 Å². The predicted molar refractivity (Wildman–Crippen MR) is 123 cm³/mol. The molecule has 2 saturated heterocycles. The number of fused-ring (bicyclic) bond motifs is 1. The molecule has 34 heavy (non-hydrogen) atoms. The van der Waals surface area contributed by atoms with Gasteiger partial charge in [-0.3, -0.25) is 9.69 Å². The van der Waals surface area contributed by atoms with Crippen LogP contribution in [0.4, 0.5) is 4.39 Å². The fourth-order valence-corrected chi connectivity index (χ4v) is 6.29. The molecule has 2 aromatic rings. The molecule has 1 atom stereocenters. The lowest BCUT2D eigenvalue weighted by molar-refractivity contribution is -0.133. The fraction of sp³-hybridized carbons (Fsp3) is 0.458. The van der Waals surface area contributed by atoms with Crippen molar-refractivity contribution in [1.29, 1.82) is 0 Å². The van der Waals surface area contributed by atoms with Gasteiger partial charge in [-0.1, -0.05) is 6.07 Å². The first kappa shape index (κ1) is 23.1. The summed E-state index contributed by atoms with van der Waals surface area (Å²) < 4.78 is 51.5. The first-order valence-electron chi connectivity index (χ1n) is 11.6. The van der Waals surface area contributed by atoms with Gasteiger partial charge in [0, 0.05) is 32.2 Å². The molecule has 2 aromatic carbocycles. The molecule has 3 aliphatic heterocycles. The molecule has 0 spiro atoms. The SMILES string of the molecule is O=C(CN1CCCC1c1ccc2c(c1)OCCO2)N1CCN(S(=O)(=O)c2ccc(F)cc2)CC1. The maximum atomic E-state index is 13.2. The topological polar surface area (TPSA) is 79.4 Å². The Balaban J connectivity index is 1.19. The van der Waals surface area contributed by atoms with Crippen molar-refractivity contribution < 1.29 is 27.1 Å². The third-order valence-corrected chi connectivity index (χ3v) is 8.61. The zero-order valence-electron chi connectivity index (χ0n) is 18.9. The molecule has 0 N–H and O–H groups in total. The van der Waals surface area contributed by atoms with Crippen molar-refractivity contribution in [3.05, 3.63) is 53.8 Å². The Morgan fingerprint density at radius 1 is 0.941 bits per heavy atom. The van der Waals surface area contributed by atoms with E-state index in [1.807, 2.05) is 18.2 Å². The van der Waals surface area contributed by atoms with Gasteiger partial charge < -0.3 is 14.4 Å². The van der Waals surface area contributed by atoms with E-state index in [-0.39, 0.29) is 29.9 Å². The van der Waals surface area contributed by atoms with Crippen LogP contribution in [0.1, 0.15) is 24.4 Å². The second-order valence-corrected chi connectivity index (χ2v) is 10.7. The number of carbonyl (C=O) groups is 1. The lowest BCUT2D eigenvalue weighted by Gasteiger charge is -2.35. The normalized spacial score (nSPS) is 21.6. The number of sulfonamides is 1. The summed E-state index contributed by atoms with van der Waals surface area (Å²) in [6.45, 7) is 3.33. The highest BCUT2D eigenvalue weighted by atomic mass is 32.2. The maximum Gasteiger partial charge on any atom is 0.243 e. The van der Waals surface area contributed by atoms with Gasteiger partial charge in [0.15, 0.2) is 11.5 Å². The van der Waals surface area contributed by atoms with Crippen LogP contribution >= 0.6 is 0 Å². The van der Waals surface area contributed by atoms with Crippen LogP contribution in [-0.2, 0) is 14.8 Å². The number of ether oxygens (including phenoxy) is 2. The average Bonchev–Trinajstić information content (AvgIpc) is 3.32. The number of halogens is 1. The number of rotatable bonds is 5. The third kappa shape index (κ3) is 4.62. The molecule has 0 aliphatic carbocycles. The number of hydrogen-bond donors (Lipinski definition) is 0. The lowest BCUT2D eigenvalue weighted by atomic mass is 10.0. The second kappa shape index (κ2) is 9.52. The van der Waals surface area contributed by atoms with E-state index < -0.39 is 15.8 Å². The van der Waals surface area contributed by atoms with Gasteiger partial charge >= 0.3 is 0 Å². The molecule has 8 nitrogen and oxygen atoms in total. The first-order valence-corrected chi connectivity index (χ1v) is 13.0. The Kier molecular flexibility index (Phi) is 6.46. The van der Waals surface area contributed by atoms with Crippen molar-refractivity contribution >= 4 is 15.9 Å². The summed E-state index contributed by atoms with van der Waals surface area (Å²) in [5.41, 5.74) is 1.12. The molecule has 1 amide bonds. The van der Waals surface area contributed by atoms with E-state index in [0.717, 1.165) is 48.6 Å². The van der Waals surface area contributed by atoms with E-state index in [1.165, 1.54) is 16.4 Å². The number of nitrogens with zero attached hydrogens (tertiary/aromatic N) is 3. The first-order chi connectivity index (χ1) is 16.4. The molecule has 2 fully saturated rings. The minimum atomic E-state index is -3.71. The highest BCUT2D eigenvalue weighted by Gasteiger charge is 2.33. The highest BCUT2D eigenvalue weighted by Crippen LogP contribution is 2.38. The third-order valence-electron chi connectivity index (χ3n) is 6.70. The molecule has 0 radical (unpaired) electrons. The van der Waals surface area contributed by atoms with Crippen LogP contribution in [0.2, 0.25) is 0 Å². The van der Waals surface area contributed by atoms with Crippen molar-refractivity contribution in [2.45, 2.75) is 23.8 Å². The Morgan fingerprint density at radius 3 is 2.38 bits per heavy atom. The van der Waals surface area contributed by atoms with Gasteiger partial charge in [-0.25, -0.2) is 12.8 Å². The molecule has 3 heterocycles. The van der Waals surface area contributed by atoms with E-state index in [4.69, 9.17) is 9.47 Å². The summed E-state index contributed by atoms with van der Waals surface area (Å²) in [7, 11) is -3.71. The number of carbonyl (C=O) groups excluding carboxylic acids is 1. The molecule has 5 rings (SSSR count). The van der Waals surface area contributed by atoms with Gasteiger partial charge in [0.05, 0.1) is 11.4 Å². The molecular weight excluding hydrogens is 461 g/mol. The van der Waals surface area contributed by atoms with Crippen LogP contribution in [0.3, 0.4) is 0 Å². The summed E-state index contributed by atoms with van der Waals surface area (Å²) >= 11 is 0. The van der Waals surface area contributed by atoms with Crippen molar-refractivity contribution in [2.75, 3.05) is 52.5 Å². The molecule has 182 valence electrons. The Hall–Kier alpha value is -2.69. The van der Waals surface area contributed by atoms with Gasteiger partial charge in [-0.15, -0.1) is 0 Å². The fourth-order valence-electron chi connectivity index (χ4n) is 4.87. The van der Waals surface area contributed by atoms with Crippen LogP contribution < -0.4 is 9.47 Å². The van der Waals surface area contributed by atoms with Crippen molar-refractivity contribution in [1.82, 2.24) is 14.1 Å². The summed E-state index contributed by atoms with van der Waals surface area (Å²) in [5.74, 6) is 1.03. The summed E-state index contributed by atoms with van der Waals surface area (Å²) in [4.78, 5) is 17.0.